The minimum atomic E-state index is -1.27. The molecule has 112 valence electrons. The number of halogens is 1. The molecule has 0 N–H and O–H groups in total. The van der Waals surface area contributed by atoms with Crippen LogP contribution in [0, 0.1) is 0 Å². The summed E-state index contributed by atoms with van der Waals surface area (Å²) in [6.45, 7) is 5.72. The van der Waals surface area contributed by atoms with Crippen molar-refractivity contribution in [1.29, 1.82) is 0 Å². The predicted octanol–water partition coefficient (Wildman–Crippen LogP) is 4.49. The Bertz CT molecular complexity index is 720. The van der Waals surface area contributed by atoms with E-state index in [9.17, 15) is 4.21 Å². The second-order valence-electron chi connectivity index (χ2n) is 5.64. The van der Waals surface area contributed by atoms with Gasteiger partial charge < -0.3 is 4.74 Å². The van der Waals surface area contributed by atoms with Crippen LogP contribution in [0.5, 0.6) is 5.75 Å². The lowest BCUT2D eigenvalue weighted by molar-refractivity contribution is 0.415. The zero-order valence-corrected chi connectivity index (χ0v) is 14.9. The number of hydrogen-bond acceptors (Lipinski definition) is 2. The Balaban J connectivity index is 2.51. The van der Waals surface area contributed by atoms with Gasteiger partial charge in [-0.05, 0) is 55.8 Å². The highest BCUT2D eigenvalue weighted by molar-refractivity contribution is 9.10. The van der Waals surface area contributed by atoms with Gasteiger partial charge in [0.15, 0.2) is 0 Å². The van der Waals surface area contributed by atoms with Crippen molar-refractivity contribution in [2.24, 2.45) is 4.40 Å². The van der Waals surface area contributed by atoms with Crippen LogP contribution in [0.3, 0.4) is 0 Å². The first-order chi connectivity index (χ1) is 9.82. The van der Waals surface area contributed by atoms with Gasteiger partial charge in [-0.2, -0.15) is 4.40 Å². The molecule has 0 amide bonds. The highest BCUT2D eigenvalue weighted by Crippen LogP contribution is 2.29. The molecule has 0 saturated carbocycles. The van der Waals surface area contributed by atoms with E-state index in [1.165, 1.54) is 0 Å². The average Bonchev–Trinajstić information content (AvgIpc) is 2.44. The van der Waals surface area contributed by atoms with Crippen molar-refractivity contribution in [1.82, 2.24) is 0 Å². The van der Waals surface area contributed by atoms with Crippen LogP contribution in [0.15, 0.2) is 39.2 Å². The largest absolute Gasteiger partial charge is 0.497 e. The maximum absolute atomic E-state index is 12.0. The summed E-state index contributed by atoms with van der Waals surface area (Å²) in [5, 5.41) is 2.08. The monoisotopic (exact) mass is 367 g/mol. The number of methoxy groups -OCH3 is 1. The molecule has 1 atom stereocenters. The Labute approximate surface area is 136 Å². The van der Waals surface area contributed by atoms with Crippen molar-refractivity contribution in [3.8, 4) is 5.75 Å². The minimum absolute atomic E-state index is 0.362. The van der Waals surface area contributed by atoms with E-state index in [0.717, 1.165) is 26.6 Å². The van der Waals surface area contributed by atoms with Crippen molar-refractivity contribution in [3.63, 3.8) is 0 Å². The van der Waals surface area contributed by atoms with Gasteiger partial charge in [0, 0.05) is 16.3 Å². The molecular weight excluding hydrogens is 350 g/mol. The minimum Gasteiger partial charge on any atom is -0.497 e. The van der Waals surface area contributed by atoms with Crippen molar-refractivity contribution in [2.45, 2.75) is 25.5 Å². The summed E-state index contributed by atoms with van der Waals surface area (Å²) in [5.74, 6) is 0.784. The number of nitrogens with zero attached hydrogens (tertiary/aromatic N) is 1. The molecule has 5 heteroatoms. The van der Waals surface area contributed by atoms with Gasteiger partial charge in [-0.3, -0.25) is 0 Å². The molecule has 0 heterocycles. The Kier molecular flexibility index (Phi) is 4.84. The van der Waals surface area contributed by atoms with E-state index in [1.807, 2.05) is 51.1 Å². The third-order valence-electron chi connectivity index (χ3n) is 3.02. The summed E-state index contributed by atoms with van der Waals surface area (Å²) in [6.07, 6.45) is 1.68. The van der Waals surface area contributed by atoms with Crippen molar-refractivity contribution in [2.75, 3.05) is 7.11 Å². The number of rotatable bonds is 3. The maximum atomic E-state index is 12.0. The van der Waals surface area contributed by atoms with Gasteiger partial charge in [-0.1, -0.05) is 22.0 Å². The second kappa shape index (κ2) is 6.28. The standard InChI is InChI=1S/C16H18BrNO2S/c1-16(2,3)21(19)18-10-11-5-8-15(17)13-7-6-12(20-4)9-14(11)13/h5-10H,1-4H3/t21-/m1/s1. The van der Waals surface area contributed by atoms with Crippen LogP contribution in [0.4, 0.5) is 0 Å². The first-order valence-electron chi connectivity index (χ1n) is 6.55. The van der Waals surface area contributed by atoms with Gasteiger partial charge in [-0.25, -0.2) is 4.21 Å². The number of ether oxygens (including phenoxy) is 1. The molecule has 0 aliphatic heterocycles. The molecule has 0 aliphatic carbocycles. The molecule has 2 rings (SSSR count). The third kappa shape index (κ3) is 3.71. The molecule has 0 bridgehead atoms. The highest BCUT2D eigenvalue weighted by atomic mass is 79.9. The maximum Gasteiger partial charge on any atom is 0.144 e. The quantitative estimate of drug-likeness (QED) is 0.749. The van der Waals surface area contributed by atoms with Gasteiger partial charge in [0.25, 0.3) is 0 Å². The summed E-state index contributed by atoms with van der Waals surface area (Å²) >= 11 is 3.54. The Hall–Kier alpha value is -1.20. The zero-order valence-electron chi connectivity index (χ0n) is 12.5. The fourth-order valence-corrected chi connectivity index (χ4v) is 2.82. The van der Waals surface area contributed by atoms with Crippen LogP contribution in [-0.2, 0) is 11.0 Å². The van der Waals surface area contributed by atoms with E-state index in [1.54, 1.807) is 13.3 Å². The van der Waals surface area contributed by atoms with Crippen molar-refractivity contribution < 1.29 is 8.95 Å². The lowest BCUT2D eigenvalue weighted by Crippen LogP contribution is -2.19. The molecule has 0 unspecified atom stereocenters. The van der Waals surface area contributed by atoms with Crippen LogP contribution in [0.25, 0.3) is 10.8 Å². The third-order valence-corrected chi connectivity index (χ3v) is 5.05. The molecular formula is C16H18BrNO2S. The van der Waals surface area contributed by atoms with E-state index < -0.39 is 11.0 Å². The van der Waals surface area contributed by atoms with E-state index >= 15 is 0 Å². The molecule has 0 fully saturated rings. The number of fused-ring (bicyclic) bond motifs is 1. The average molecular weight is 368 g/mol. The molecule has 0 radical (unpaired) electrons. The Morgan fingerprint density at radius 2 is 1.90 bits per heavy atom. The van der Waals surface area contributed by atoms with E-state index in [2.05, 4.69) is 20.3 Å². The molecule has 0 aliphatic rings. The Morgan fingerprint density at radius 3 is 2.52 bits per heavy atom. The van der Waals surface area contributed by atoms with Gasteiger partial charge >= 0.3 is 0 Å². The van der Waals surface area contributed by atoms with Crippen molar-refractivity contribution >= 4 is 43.9 Å². The fraction of sp³-hybridized carbons (Fsp3) is 0.312. The van der Waals surface area contributed by atoms with Gasteiger partial charge in [0.05, 0.1) is 11.9 Å². The molecule has 3 nitrogen and oxygen atoms in total. The SMILES string of the molecule is COc1ccc2c(Br)ccc(C=N[S@](=O)C(C)(C)C)c2c1. The predicted molar refractivity (Wildman–Crippen MR) is 93.7 cm³/mol. The van der Waals surface area contributed by atoms with Gasteiger partial charge in [0.2, 0.25) is 0 Å². The van der Waals surface area contributed by atoms with Crippen LogP contribution in [-0.4, -0.2) is 22.3 Å². The van der Waals surface area contributed by atoms with Crippen LogP contribution < -0.4 is 4.74 Å². The molecule has 2 aromatic rings. The molecule has 21 heavy (non-hydrogen) atoms. The number of hydrogen-bond donors (Lipinski definition) is 0. The first-order valence-corrected chi connectivity index (χ1v) is 8.45. The summed E-state index contributed by atoms with van der Waals surface area (Å²) in [6, 6.07) is 9.80. The second-order valence-corrected chi connectivity index (χ2v) is 8.43. The van der Waals surface area contributed by atoms with Crippen LogP contribution >= 0.6 is 15.9 Å². The first kappa shape index (κ1) is 16.2. The van der Waals surface area contributed by atoms with Crippen molar-refractivity contribution in [3.05, 3.63) is 40.4 Å². The van der Waals surface area contributed by atoms with E-state index in [-0.39, 0.29) is 4.75 Å². The van der Waals surface area contributed by atoms with Crippen LogP contribution in [0.2, 0.25) is 0 Å². The smallest absolute Gasteiger partial charge is 0.144 e. The highest BCUT2D eigenvalue weighted by Gasteiger charge is 2.18. The topological polar surface area (TPSA) is 38.7 Å². The summed E-state index contributed by atoms with van der Waals surface area (Å²) < 4.78 is 22.2. The molecule has 0 saturated heterocycles. The fourth-order valence-electron chi connectivity index (χ4n) is 1.82. The van der Waals surface area contributed by atoms with Gasteiger partial charge in [0.1, 0.15) is 16.7 Å². The number of benzene rings is 2. The normalized spacial score (nSPS) is 13.8. The molecule has 2 aromatic carbocycles. The van der Waals surface area contributed by atoms with E-state index in [4.69, 9.17) is 4.74 Å². The summed E-state index contributed by atoms with van der Waals surface area (Å²) in [7, 11) is 0.374. The summed E-state index contributed by atoms with van der Waals surface area (Å²) in [4.78, 5) is 0. The lowest BCUT2D eigenvalue weighted by atomic mass is 10.1. The van der Waals surface area contributed by atoms with Gasteiger partial charge in [-0.15, -0.1) is 0 Å². The molecule has 0 aromatic heterocycles. The summed E-state index contributed by atoms with van der Waals surface area (Å²) in [5.41, 5.74) is 0.921. The van der Waals surface area contributed by atoms with Crippen LogP contribution in [0.1, 0.15) is 26.3 Å². The van der Waals surface area contributed by atoms with E-state index in [0.29, 0.717) is 0 Å². The Morgan fingerprint density at radius 1 is 1.19 bits per heavy atom. The molecule has 0 spiro atoms. The zero-order chi connectivity index (χ0) is 15.6. The lowest BCUT2D eigenvalue weighted by Gasteiger charge is -2.13.